The Morgan fingerprint density at radius 3 is 0.939 bits per heavy atom. The molecule has 0 amide bonds. The normalized spacial score (nSPS) is 12.2. The minimum absolute atomic E-state index is 0.121. The smallest absolute Gasteiger partial charge is 0.409 e. The first kappa shape index (κ1) is 24.0. The lowest BCUT2D eigenvalue weighted by Crippen LogP contribution is -2.02. The average Bonchev–Trinajstić information content (AvgIpc) is 2.81. The van der Waals surface area contributed by atoms with Gasteiger partial charge in [-0.2, -0.15) is 0 Å². The number of aryl methyl sites for hydroxylation is 3. The average molecular weight is 460 g/mol. The summed E-state index contributed by atoms with van der Waals surface area (Å²) in [4.78, 5) is 20.6. The first-order valence-electron chi connectivity index (χ1n) is 10.4. The molecule has 6 heteroatoms. The number of allylic oxidation sites excluding steroid dienone is 4. The Morgan fingerprint density at radius 1 is 0.455 bits per heavy atom. The maximum absolute atomic E-state index is 10.3. The molecule has 0 radical (unpaired) electrons. The number of hydrogen-bond acceptors (Lipinski definition) is 5. The second-order valence-electron chi connectivity index (χ2n) is 7.41. The largest absolute Gasteiger partial charge is 0.530 e. The summed E-state index contributed by atoms with van der Waals surface area (Å²) in [5.74, 6) is 1.91. The van der Waals surface area contributed by atoms with E-state index in [0.29, 0.717) is 0 Å². The van der Waals surface area contributed by atoms with Gasteiger partial charge in [0, 0.05) is 0 Å². The van der Waals surface area contributed by atoms with Crippen molar-refractivity contribution >= 4 is 20.2 Å². The topological polar surface area (TPSA) is 61.8 Å². The molecule has 4 rings (SSSR count). The van der Waals surface area contributed by atoms with E-state index in [1.165, 1.54) is 41.0 Å². The van der Waals surface area contributed by atoms with Crippen molar-refractivity contribution in [3.8, 4) is 17.2 Å². The molecule has 0 saturated heterocycles. The van der Waals surface area contributed by atoms with Crippen LogP contribution in [0, 0.1) is 20.8 Å². The van der Waals surface area contributed by atoms with Crippen LogP contribution in [0.15, 0.2) is 97.1 Å². The van der Waals surface area contributed by atoms with Gasteiger partial charge in [-0.3, -0.25) is 9.59 Å². The SMILES string of the molecule is Cc1ccc(OP(Oc2ccc(C)cc2)Oc2ccc(C)cc2)cc1.O=C1C=CC(=O)C=C1. The third kappa shape index (κ3) is 8.40. The van der Waals surface area contributed by atoms with Gasteiger partial charge in [-0.25, -0.2) is 0 Å². The molecule has 0 saturated carbocycles. The van der Waals surface area contributed by atoms with Crippen molar-refractivity contribution in [2.24, 2.45) is 0 Å². The molecular weight excluding hydrogens is 435 g/mol. The van der Waals surface area contributed by atoms with Crippen LogP contribution in [-0.2, 0) is 9.59 Å². The molecule has 0 fully saturated rings. The Kier molecular flexibility index (Phi) is 8.56. The molecule has 3 aromatic carbocycles. The number of carbonyl (C=O) groups excluding carboxylic acids is 2. The molecule has 168 valence electrons. The van der Waals surface area contributed by atoms with Crippen LogP contribution in [0.25, 0.3) is 0 Å². The molecule has 33 heavy (non-hydrogen) atoms. The van der Waals surface area contributed by atoms with E-state index < -0.39 is 8.60 Å². The molecule has 0 bridgehead atoms. The van der Waals surface area contributed by atoms with Crippen molar-refractivity contribution < 1.29 is 23.2 Å². The molecule has 0 N–H and O–H groups in total. The summed E-state index contributed by atoms with van der Waals surface area (Å²) in [6, 6.07) is 23.5. The third-order valence-corrected chi connectivity index (χ3v) is 5.51. The highest BCUT2D eigenvalue weighted by Crippen LogP contribution is 2.42. The molecule has 1 aliphatic carbocycles. The molecule has 0 spiro atoms. The molecule has 0 heterocycles. The highest BCUT2D eigenvalue weighted by molar-refractivity contribution is 7.43. The van der Waals surface area contributed by atoms with Crippen LogP contribution in [0.4, 0.5) is 0 Å². The van der Waals surface area contributed by atoms with Crippen LogP contribution in [0.1, 0.15) is 16.7 Å². The zero-order valence-electron chi connectivity index (χ0n) is 18.7. The van der Waals surface area contributed by atoms with Crippen molar-refractivity contribution in [3.05, 3.63) is 114 Å². The minimum Gasteiger partial charge on any atom is -0.409 e. The van der Waals surface area contributed by atoms with Crippen molar-refractivity contribution in [2.45, 2.75) is 20.8 Å². The predicted octanol–water partition coefficient (Wildman–Crippen LogP) is 6.63. The number of rotatable bonds is 6. The first-order valence-corrected chi connectivity index (χ1v) is 11.4. The second-order valence-corrected chi connectivity index (χ2v) is 8.40. The molecule has 3 aromatic rings. The Hall–Kier alpha value is -3.69. The zero-order valence-corrected chi connectivity index (χ0v) is 19.6. The van der Waals surface area contributed by atoms with Crippen molar-refractivity contribution in [1.82, 2.24) is 0 Å². The van der Waals surface area contributed by atoms with Crippen LogP contribution < -0.4 is 13.6 Å². The van der Waals surface area contributed by atoms with E-state index in [9.17, 15) is 9.59 Å². The Balaban J connectivity index is 0.000000323. The molecule has 5 nitrogen and oxygen atoms in total. The lowest BCUT2D eigenvalue weighted by molar-refractivity contribution is -0.113. The van der Waals surface area contributed by atoms with Crippen molar-refractivity contribution in [2.75, 3.05) is 0 Å². The van der Waals surface area contributed by atoms with Crippen molar-refractivity contribution in [1.29, 1.82) is 0 Å². The van der Waals surface area contributed by atoms with Gasteiger partial charge < -0.3 is 13.6 Å². The highest BCUT2D eigenvalue weighted by atomic mass is 31.2. The number of carbonyl (C=O) groups is 2. The lowest BCUT2D eigenvalue weighted by atomic mass is 10.2. The quantitative estimate of drug-likeness (QED) is 0.305. The Morgan fingerprint density at radius 2 is 0.697 bits per heavy atom. The standard InChI is InChI=1S/C21H21O3P.C6H4O2/c1-16-4-10-19(11-5-16)22-25(23-20-12-6-17(2)7-13-20)24-21-14-8-18(3)9-15-21;7-5-1-2-6(8)4-3-5/h4-15H,1-3H3;1-4H. The van der Waals surface area contributed by atoms with E-state index in [1.807, 2.05) is 93.6 Å². The van der Waals surface area contributed by atoms with Gasteiger partial charge in [-0.15, -0.1) is 0 Å². The van der Waals surface area contributed by atoms with Gasteiger partial charge in [0.15, 0.2) is 11.6 Å². The number of benzene rings is 3. The zero-order chi connectivity index (χ0) is 23.6. The van der Waals surface area contributed by atoms with Gasteiger partial charge in [-0.1, -0.05) is 53.1 Å². The van der Waals surface area contributed by atoms with E-state index >= 15 is 0 Å². The molecule has 0 aliphatic heterocycles. The summed E-state index contributed by atoms with van der Waals surface area (Å²) in [6.45, 7) is 6.12. The summed E-state index contributed by atoms with van der Waals surface area (Å²) in [5, 5.41) is 0. The van der Waals surface area contributed by atoms with Gasteiger partial charge >= 0.3 is 8.60 Å². The van der Waals surface area contributed by atoms with E-state index in [2.05, 4.69) is 0 Å². The Labute approximate surface area is 195 Å². The van der Waals surface area contributed by atoms with Crippen LogP contribution in [0.2, 0.25) is 0 Å². The molecule has 0 unspecified atom stereocenters. The summed E-state index contributed by atoms with van der Waals surface area (Å²) in [5.41, 5.74) is 3.53. The van der Waals surface area contributed by atoms with Crippen LogP contribution in [-0.4, -0.2) is 11.6 Å². The van der Waals surface area contributed by atoms with Gasteiger partial charge in [0.05, 0.1) is 0 Å². The second kappa shape index (κ2) is 11.8. The molecular formula is C27H25O5P. The van der Waals surface area contributed by atoms with Crippen molar-refractivity contribution in [3.63, 3.8) is 0 Å². The molecule has 1 aliphatic rings. The highest BCUT2D eigenvalue weighted by Gasteiger charge is 2.19. The van der Waals surface area contributed by atoms with Gasteiger partial charge in [0.2, 0.25) is 0 Å². The molecule has 0 atom stereocenters. The lowest BCUT2D eigenvalue weighted by Gasteiger charge is -2.18. The van der Waals surface area contributed by atoms with E-state index in [0.717, 1.165) is 17.2 Å². The van der Waals surface area contributed by atoms with Crippen LogP contribution in [0.3, 0.4) is 0 Å². The Bertz CT molecular complexity index is 980. The van der Waals surface area contributed by atoms with E-state index in [4.69, 9.17) is 13.6 Å². The third-order valence-electron chi connectivity index (χ3n) is 4.43. The summed E-state index contributed by atoms with van der Waals surface area (Å²) >= 11 is 0. The number of hydrogen-bond donors (Lipinski definition) is 0. The fraction of sp³-hybridized carbons (Fsp3) is 0.111. The number of ketones is 2. The fourth-order valence-electron chi connectivity index (χ4n) is 2.55. The summed E-state index contributed by atoms with van der Waals surface area (Å²) in [7, 11) is -1.62. The first-order chi connectivity index (χ1) is 15.9. The van der Waals surface area contributed by atoms with E-state index in [-0.39, 0.29) is 11.6 Å². The van der Waals surface area contributed by atoms with Crippen LogP contribution >= 0.6 is 8.60 Å². The summed E-state index contributed by atoms with van der Waals surface area (Å²) < 4.78 is 17.9. The van der Waals surface area contributed by atoms with Gasteiger partial charge in [0.1, 0.15) is 17.2 Å². The van der Waals surface area contributed by atoms with Gasteiger partial charge in [0.25, 0.3) is 0 Å². The molecule has 0 aromatic heterocycles. The maximum Gasteiger partial charge on any atom is 0.530 e. The monoisotopic (exact) mass is 460 g/mol. The fourth-order valence-corrected chi connectivity index (χ4v) is 3.54. The minimum atomic E-state index is -1.62. The predicted molar refractivity (Wildman–Crippen MR) is 131 cm³/mol. The summed E-state index contributed by atoms with van der Waals surface area (Å²) in [6.07, 6.45) is 5.01. The van der Waals surface area contributed by atoms with Crippen LogP contribution in [0.5, 0.6) is 17.2 Å². The maximum atomic E-state index is 10.3. The van der Waals surface area contributed by atoms with Gasteiger partial charge in [-0.05, 0) is 81.5 Å². The van der Waals surface area contributed by atoms with E-state index in [1.54, 1.807) is 0 Å².